The summed E-state index contributed by atoms with van der Waals surface area (Å²) in [6.45, 7) is 2.12. The molecule has 8 nitrogen and oxygen atoms in total. The van der Waals surface area contributed by atoms with Crippen LogP contribution in [-0.2, 0) is 17.8 Å². The summed E-state index contributed by atoms with van der Waals surface area (Å²) >= 11 is 0. The van der Waals surface area contributed by atoms with E-state index in [1.54, 1.807) is 12.5 Å². The number of carbonyl (C=O) groups excluding carboxylic acids is 1. The average molecular weight is 452 g/mol. The number of halogens is 2. The first-order valence-corrected chi connectivity index (χ1v) is 9.63. The Hall–Kier alpha value is -2.42. The van der Waals surface area contributed by atoms with Crippen molar-refractivity contribution in [2.75, 3.05) is 13.1 Å². The van der Waals surface area contributed by atoms with Crippen molar-refractivity contribution in [1.29, 1.82) is 0 Å². The van der Waals surface area contributed by atoms with Crippen molar-refractivity contribution in [2.24, 2.45) is 5.73 Å². The van der Waals surface area contributed by atoms with Crippen LogP contribution < -0.4 is 5.73 Å². The fourth-order valence-corrected chi connectivity index (χ4v) is 3.79. The summed E-state index contributed by atoms with van der Waals surface area (Å²) in [5.41, 5.74) is 8.01. The van der Waals surface area contributed by atoms with E-state index in [1.165, 1.54) is 0 Å². The number of hydrogen-bond donors (Lipinski definition) is 2. The van der Waals surface area contributed by atoms with E-state index in [4.69, 9.17) is 5.73 Å². The molecule has 1 atom stereocenters. The van der Waals surface area contributed by atoms with E-state index in [0.717, 1.165) is 30.1 Å². The first kappa shape index (κ1) is 23.9. The highest BCUT2D eigenvalue weighted by molar-refractivity contribution is 5.85. The Morgan fingerprint density at radius 3 is 2.67 bits per heavy atom. The van der Waals surface area contributed by atoms with Crippen molar-refractivity contribution in [2.45, 2.75) is 37.8 Å². The first-order chi connectivity index (χ1) is 13.7. The smallest absolute Gasteiger partial charge is 0.239 e. The van der Waals surface area contributed by atoms with Gasteiger partial charge in [-0.1, -0.05) is 6.07 Å². The zero-order valence-electron chi connectivity index (χ0n) is 16.6. The Balaban J connectivity index is 0.00000160. The second-order valence-electron chi connectivity index (χ2n) is 7.22. The Morgan fingerprint density at radius 2 is 2.00 bits per heavy atom. The molecule has 0 saturated carbocycles. The molecule has 30 heavy (non-hydrogen) atoms. The number of nitrogens with two attached hydrogens (primary N) is 1. The second-order valence-corrected chi connectivity index (χ2v) is 7.22. The van der Waals surface area contributed by atoms with E-state index < -0.39 is 6.04 Å². The molecule has 0 unspecified atom stereocenters. The Morgan fingerprint density at radius 1 is 1.20 bits per heavy atom. The van der Waals surface area contributed by atoms with Crippen molar-refractivity contribution >= 4 is 30.7 Å². The van der Waals surface area contributed by atoms with Crippen LogP contribution >= 0.6 is 24.8 Å². The number of aromatic amines is 1. The summed E-state index contributed by atoms with van der Waals surface area (Å²) in [6, 6.07) is 5.40. The lowest BCUT2D eigenvalue weighted by Crippen LogP contribution is -2.48. The number of likely N-dealkylation sites (tertiary alicyclic amines) is 1. The number of carbonyl (C=O) groups is 1. The molecular formula is C20H27Cl2N7O. The number of aromatic nitrogens is 5. The van der Waals surface area contributed by atoms with Crippen molar-refractivity contribution in [3.63, 3.8) is 0 Å². The SMILES string of the molecule is Cl.Cl.N[C@@H](Cc1cnc[nH]1)C(=O)N1CCC(c2nccn2Cc2ccccn2)CC1. The molecule has 1 fully saturated rings. The number of rotatable bonds is 6. The van der Waals surface area contributed by atoms with Crippen LogP contribution in [0, 0.1) is 0 Å². The number of nitrogens with one attached hydrogen (secondary N) is 1. The van der Waals surface area contributed by atoms with E-state index >= 15 is 0 Å². The number of H-pyrrole nitrogens is 1. The van der Waals surface area contributed by atoms with Crippen molar-refractivity contribution in [1.82, 2.24) is 29.4 Å². The molecular weight excluding hydrogens is 425 g/mol. The minimum absolute atomic E-state index is 0. The Kier molecular flexibility index (Phi) is 8.83. The number of imidazole rings is 2. The molecule has 0 radical (unpaired) electrons. The van der Waals surface area contributed by atoms with Gasteiger partial charge in [-0.2, -0.15) is 0 Å². The van der Waals surface area contributed by atoms with Gasteiger partial charge in [-0.25, -0.2) is 9.97 Å². The summed E-state index contributed by atoms with van der Waals surface area (Å²) in [4.78, 5) is 30.5. The molecule has 0 spiro atoms. The van der Waals surface area contributed by atoms with Crippen LogP contribution in [0.15, 0.2) is 49.3 Å². The number of nitrogens with zero attached hydrogens (tertiary/aromatic N) is 5. The normalized spacial score (nSPS) is 15.2. The molecule has 10 heteroatoms. The zero-order chi connectivity index (χ0) is 19.3. The minimum Gasteiger partial charge on any atom is -0.348 e. The van der Waals surface area contributed by atoms with Gasteiger partial charge >= 0.3 is 0 Å². The molecule has 0 bridgehead atoms. The molecule has 0 aromatic carbocycles. The number of amides is 1. The third-order valence-electron chi connectivity index (χ3n) is 5.29. The van der Waals surface area contributed by atoms with Gasteiger partial charge in [-0.3, -0.25) is 9.78 Å². The lowest BCUT2D eigenvalue weighted by atomic mass is 9.95. The Labute approximate surface area is 188 Å². The predicted molar refractivity (Wildman–Crippen MR) is 119 cm³/mol. The highest BCUT2D eigenvalue weighted by atomic mass is 35.5. The molecule has 0 aliphatic carbocycles. The van der Waals surface area contributed by atoms with Crippen molar-refractivity contribution in [3.05, 3.63) is 66.5 Å². The van der Waals surface area contributed by atoms with E-state index in [0.29, 0.717) is 32.0 Å². The molecule has 1 saturated heterocycles. The summed E-state index contributed by atoms with van der Waals surface area (Å²) in [5.74, 6) is 1.41. The van der Waals surface area contributed by atoms with Gasteiger partial charge in [0.25, 0.3) is 0 Å². The fraction of sp³-hybridized carbons (Fsp3) is 0.400. The van der Waals surface area contributed by atoms with Gasteiger partial charge in [-0.15, -0.1) is 24.8 Å². The van der Waals surface area contributed by atoms with Gasteiger partial charge in [-0.05, 0) is 25.0 Å². The number of pyridine rings is 1. The van der Waals surface area contributed by atoms with Crippen LogP contribution in [0.2, 0.25) is 0 Å². The maximum atomic E-state index is 12.7. The molecule has 3 aromatic rings. The van der Waals surface area contributed by atoms with Crippen molar-refractivity contribution < 1.29 is 4.79 Å². The van der Waals surface area contributed by atoms with Crippen LogP contribution in [-0.4, -0.2) is 54.4 Å². The number of piperidine rings is 1. The molecule has 3 N–H and O–H groups in total. The van der Waals surface area contributed by atoms with E-state index in [2.05, 4.69) is 24.5 Å². The third-order valence-corrected chi connectivity index (χ3v) is 5.29. The third kappa shape index (κ3) is 5.59. The summed E-state index contributed by atoms with van der Waals surface area (Å²) in [5, 5.41) is 0. The molecule has 4 rings (SSSR count). The fourth-order valence-electron chi connectivity index (χ4n) is 3.79. The molecule has 1 amide bonds. The predicted octanol–water partition coefficient (Wildman–Crippen LogP) is 2.17. The second kappa shape index (κ2) is 11.1. The van der Waals surface area contributed by atoms with Crippen LogP contribution in [0.4, 0.5) is 0 Å². The standard InChI is InChI=1S/C20H25N7O.2ClH/c21-18(11-17-12-22-14-25-17)20(28)26-8-4-15(5-9-26)19-24-7-10-27(19)13-16-3-1-2-6-23-16;;/h1-3,6-7,10,12,14-15,18H,4-5,8-9,11,13,21H2,(H,22,25);2*1H/t18-;;/m0../s1. The number of hydrogen-bond acceptors (Lipinski definition) is 5. The van der Waals surface area contributed by atoms with Crippen LogP contribution in [0.3, 0.4) is 0 Å². The van der Waals surface area contributed by atoms with Gasteiger partial charge in [0.15, 0.2) is 0 Å². The van der Waals surface area contributed by atoms with E-state index in [1.807, 2.05) is 41.7 Å². The topological polar surface area (TPSA) is 106 Å². The van der Waals surface area contributed by atoms with Gasteiger partial charge in [0.2, 0.25) is 5.91 Å². The molecule has 1 aliphatic heterocycles. The van der Waals surface area contributed by atoms with Gasteiger partial charge < -0.3 is 20.2 Å². The monoisotopic (exact) mass is 451 g/mol. The molecule has 3 aromatic heterocycles. The maximum Gasteiger partial charge on any atom is 0.239 e. The maximum absolute atomic E-state index is 12.7. The summed E-state index contributed by atoms with van der Waals surface area (Å²) < 4.78 is 2.16. The van der Waals surface area contributed by atoms with E-state index in [9.17, 15) is 4.79 Å². The van der Waals surface area contributed by atoms with Crippen molar-refractivity contribution in [3.8, 4) is 0 Å². The molecule has 1 aliphatic rings. The van der Waals surface area contributed by atoms with E-state index in [-0.39, 0.29) is 30.7 Å². The van der Waals surface area contributed by atoms with Crippen LogP contribution in [0.25, 0.3) is 0 Å². The lowest BCUT2D eigenvalue weighted by molar-refractivity contribution is -0.133. The minimum atomic E-state index is -0.539. The van der Waals surface area contributed by atoms with Gasteiger partial charge in [0, 0.05) is 55.9 Å². The quantitative estimate of drug-likeness (QED) is 0.597. The molecule has 4 heterocycles. The highest BCUT2D eigenvalue weighted by Gasteiger charge is 2.29. The highest BCUT2D eigenvalue weighted by Crippen LogP contribution is 2.27. The zero-order valence-corrected chi connectivity index (χ0v) is 18.2. The average Bonchev–Trinajstić information content (AvgIpc) is 3.40. The summed E-state index contributed by atoms with van der Waals surface area (Å²) in [7, 11) is 0. The van der Waals surface area contributed by atoms with Gasteiger partial charge in [0.1, 0.15) is 5.82 Å². The lowest BCUT2D eigenvalue weighted by Gasteiger charge is -2.33. The van der Waals surface area contributed by atoms with Crippen LogP contribution in [0.1, 0.15) is 36.0 Å². The van der Waals surface area contributed by atoms with Crippen LogP contribution in [0.5, 0.6) is 0 Å². The Bertz CT molecular complexity index is 893. The van der Waals surface area contributed by atoms with Gasteiger partial charge in [0.05, 0.1) is 24.6 Å². The summed E-state index contributed by atoms with van der Waals surface area (Å²) in [6.07, 6.45) is 11.2. The largest absolute Gasteiger partial charge is 0.348 e. The molecule has 162 valence electrons. The first-order valence-electron chi connectivity index (χ1n) is 9.63.